The minimum atomic E-state index is -5.31. The Morgan fingerprint density at radius 1 is 0.809 bits per heavy atom. The second-order valence-corrected chi connectivity index (χ2v) is 12.3. The van der Waals surface area contributed by atoms with Crippen molar-refractivity contribution in [1.82, 2.24) is 0 Å². The number of Topliss-reactive ketones (excluding diaryl/α,β-unsaturated/α-hetero) is 1. The number of phenolic OH excluding ortho intramolecular Hbond substituents is 3. The molecule has 2 saturated heterocycles. The lowest BCUT2D eigenvalue weighted by molar-refractivity contribution is -0.333. The first-order valence-corrected chi connectivity index (χ1v) is 15.5. The van der Waals surface area contributed by atoms with Crippen molar-refractivity contribution in [3.05, 3.63) is 41.5 Å². The number of aliphatic hydroxyl groups is 6. The van der Waals surface area contributed by atoms with Crippen LogP contribution in [0.2, 0.25) is 0 Å². The highest BCUT2D eigenvalue weighted by molar-refractivity contribution is 7.46. The van der Waals surface area contributed by atoms with Crippen molar-refractivity contribution in [2.45, 2.75) is 80.5 Å². The molecule has 0 radical (unpaired) electrons. The molecule has 0 aliphatic carbocycles. The van der Waals surface area contributed by atoms with E-state index in [-0.39, 0.29) is 5.56 Å². The third kappa shape index (κ3) is 7.18. The molecule has 19 nitrogen and oxygen atoms in total. The number of fused-ring (bicyclic) bond motifs is 1. The number of ketones is 1. The first-order chi connectivity index (χ1) is 22.0. The topological polar surface area (TPSA) is 312 Å². The number of carbonyl (C=O) groups excluding carboxylic acids is 1. The molecule has 6 unspecified atom stereocenters. The van der Waals surface area contributed by atoms with Crippen LogP contribution in [0.25, 0.3) is 0 Å². The van der Waals surface area contributed by atoms with Gasteiger partial charge in [-0.1, -0.05) is 6.07 Å². The highest BCUT2D eigenvalue weighted by Crippen LogP contribution is 2.48. The minimum Gasteiger partial charge on any atom is -0.508 e. The Morgan fingerprint density at radius 3 is 2.13 bits per heavy atom. The maximum Gasteiger partial charge on any atom is 0.524 e. The molecule has 0 saturated carbocycles. The number of phosphoric acid groups is 1. The number of hydrogen-bond donors (Lipinski definition) is 11. The smallest absolute Gasteiger partial charge is 0.508 e. The highest BCUT2D eigenvalue weighted by Gasteiger charge is 2.50. The summed E-state index contributed by atoms with van der Waals surface area (Å²) in [6, 6.07) is 4.93. The van der Waals surface area contributed by atoms with E-state index in [1.807, 2.05) is 0 Å². The molecule has 0 bridgehead atoms. The molecule has 5 rings (SSSR count). The molecule has 3 aliphatic rings. The van der Waals surface area contributed by atoms with E-state index in [0.717, 1.165) is 24.3 Å². The van der Waals surface area contributed by atoms with Crippen molar-refractivity contribution >= 4 is 13.6 Å². The standard InChI is InChI=1S/C27H33O19P/c1-8-17(31)20(34)22(36)26(42-8)41-7-15-18(32)21(35)23(37)27(44-15)45-25-19(33)16-13(5-10(28)6-14(16)46-47(38,39)40)43-24(25)9-2-3-11(29)12(30)4-9/h2-6,8,15,17-18,20-32,34-37H,7H2,1H3,(H2,38,39,40)/t8?,15-,17?,18?,20-,21+,22-,23?,24?,25?,26+,27+/m1/s1. The predicted octanol–water partition coefficient (Wildman–Crippen LogP) is -2.37. The summed E-state index contributed by atoms with van der Waals surface area (Å²) in [7, 11) is -5.31. The van der Waals surface area contributed by atoms with Gasteiger partial charge < -0.3 is 74.2 Å². The van der Waals surface area contributed by atoms with Gasteiger partial charge in [-0.3, -0.25) is 14.6 Å². The Morgan fingerprint density at radius 2 is 1.47 bits per heavy atom. The Balaban J connectivity index is 1.45. The summed E-state index contributed by atoms with van der Waals surface area (Å²) in [5, 5.41) is 92.2. The number of phosphoric ester groups is 1. The van der Waals surface area contributed by atoms with Gasteiger partial charge in [0.25, 0.3) is 0 Å². The summed E-state index contributed by atoms with van der Waals surface area (Å²) in [4.78, 5) is 32.7. The summed E-state index contributed by atoms with van der Waals surface area (Å²) in [5.41, 5.74) is -0.631. The molecule has 2 aromatic carbocycles. The Hall–Kier alpha value is -3.14. The van der Waals surface area contributed by atoms with Gasteiger partial charge in [0, 0.05) is 12.1 Å². The van der Waals surface area contributed by atoms with Gasteiger partial charge in [0.15, 0.2) is 36.3 Å². The van der Waals surface area contributed by atoms with E-state index in [4.69, 9.17) is 23.7 Å². The van der Waals surface area contributed by atoms with Crippen LogP contribution in [0.4, 0.5) is 0 Å². The van der Waals surface area contributed by atoms with E-state index in [0.29, 0.717) is 0 Å². The second-order valence-electron chi connectivity index (χ2n) is 11.1. The number of ether oxygens (including phenoxy) is 5. The van der Waals surface area contributed by atoms with E-state index in [1.165, 1.54) is 13.0 Å². The van der Waals surface area contributed by atoms with Crippen LogP contribution in [0.5, 0.6) is 28.7 Å². The molecular weight excluding hydrogens is 659 g/mol. The lowest BCUT2D eigenvalue weighted by Gasteiger charge is -2.44. The van der Waals surface area contributed by atoms with Gasteiger partial charge in [0.05, 0.1) is 12.7 Å². The SMILES string of the molecule is CC1O[C@H](OC[C@H]2O[C@@H](OC3C(=O)c4c(cc(O)cc4OP(=O)(O)O)OC3c3ccc(O)c(O)c3)C(O)[C@@H](O)C2O)[C@H](O)[C@H](O)C1O. The van der Waals surface area contributed by atoms with Gasteiger partial charge in [-0.25, -0.2) is 4.57 Å². The Labute approximate surface area is 264 Å². The van der Waals surface area contributed by atoms with E-state index < -0.39 is 128 Å². The molecular formula is C27H33O19P. The van der Waals surface area contributed by atoms with E-state index in [9.17, 15) is 65.1 Å². The number of aliphatic hydroxyl groups excluding tert-OH is 6. The number of aromatic hydroxyl groups is 3. The summed E-state index contributed by atoms with van der Waals surface area (Å²) in [6.07, 6.45) is -20.2. The zero-order chi connectivity index (χ0) is 34.5. The van der Waals surface area contributed by atoms with Crippen LogP contribution >= 0.6 is 7.82 Å². The van der Waals surface area contributed by atoms with Crippen molar-refractivity contribution in [2.24, 2.45) is 0 Å². The molecule has 0 aromatic heterocycles. The minimum absolute atomic E-state index is 0.0193. The zero-order valence-corrected chi connectivity index (χ0v) is 25.0. The maximum absolute atomic E-state index is 13.9. The van der Waals surface area contributed by atoms with E-state index in [1.54, 1.807) is 0 Å². The average molecular weight is 693 g/mol. The number of hydrogen-bond acceptors (Lipinski definition) is 17. The summed E-state index contributed by atoms with van der Waals surface area (Å²) in [6.45, 7) is 0.740. The van der Waals surface area contributed by atoms with Gasteiger partial charge in [-0.15, -0.1) is 0 Å². The van der Waals surface area contributed by atoms with E-state index in [2.05, 4.69) is 4.52 Å². The molecule has 2 fully saturated rings. The normalized spacial score (nSPS) is 36.0. The largest absolute Gasteiger partial charge is 0.524 e. The number of benzene rings is 2. The number of carbonyl (C=O) groups is 1. The molecule has 3 heterocycles. The highest BCUT2D eigenvalue weighted by atomic mass is 31.2. The van der Waals surface area contributed by atoms with Crippen LogP contribution in [0.15, 0.2) is 30.3 Å². The summed E-state index contributed by atoms with van der Waals surface area (Å²) < 4.78 is 44.3. The fraction of sp³-hybridized carbons (Fsp3) is 0.519. The lowest BCUT2D eigenvalue weighted by Crippen LogP contribution is -2.62. The Bertz CT molecular complexity index is 1520. The van der Waals surface area contributed by atoms with Crippen molar-refractivity contribution in [1.29, 1.82) is 0 Å². The van der Waals surface area contributed by atoms with Crippen molar-refractivity contribution in [3.8, 4) is 28.7 Å². The van der Waals surface area contributed by atoms with Crippen molar-refractivity contribution < 1.29 is 93.3 Å². The first kappa shape index (κ1) is 35.2. The third-order valence-electron chi connectivity index (χ3n) is 7.81. The Kier molecular flexibility index (Phi) is 10.0. The molecule has 47 heavy (non-hydrogen) atoms. The van der Waals surface area contributed by atoms with Crippen LogP contribution < -0.4 is 9.26 Å². The van der Waals surface area contributed by atoms with Crippen LogP contribution in [0.1, 0.15) is 28.9 Å². The number of rotatable bonds is 8. The maximum atomic E-state index is 13.9. The quantitative estimate of drug-likeness (QED) is 0.102. The monoisotopic (exact) mass is 692 g/mol. The summed E-state index contributed by atoms with van der Waals surface area (Å²) in [5.74, 6) is -4.15. The van der Waals surface area contributed by atoms with Gasteiger partial charge >= 0.3 is 7.82 Å². The fourth-order valence-electron chi connectivity index (χ4n) is 5.34. The van der Waals surface area contributed by atoms with Gasteiger partial charge in [0.2, 0.25) is 5.78 Å². The molecule has 2 aromatic rings. The molecule has 0 amide bonds. The first-order valence-electron chi connectivity index (χ1n) is 14.0. The van der Waals surface area contributed by atoms with Crippen molar-refractivity contribution in [2.75, 3.05) is 6.61 Å². The van der Waals surface area contributed by atoms with Gasteiger partial charge in [-0.2, -0.15) is 0 Å². The fourth-order valence-corrected chi connectivity index (χ4v) is 5.74. The van der Waals surface area contributed by atoms with Crippen LogP contribution in [0.3, 0.4) is 0 Å². The van der Waals surface area contributed by atoms with Crippen LogP contribution in [-0.2, 0) is 23.5 Å². The third-order valence-corrected chi connectivity index (χ3v) is 8.25. The van der Waals surface area contributed by atoms with Crippen LogP contribution in [0, 0.1) is 0 Å². The molecule has 20 heteroatoms. The molecule has 0 spiro atoms. The second kappa shape index (κ2) is 13.4. The predicted molar refractivity (Wildman–Crippen MR) is 148 cm³/mol. The molecule has 12 atom stereocenters. The zero-order valence-electron chi connectivity index (χ0n) is 24.2. The lowest BCUT2D eigenvalue weighted by atomic mass is 9.92. The average Bonchev–Trinajstić information content (AvgIpc) is 2.99. The van der Waals surface area contributed by atoms with Crippen LogP contribution in [-0.4, -0.2) is 136 Å². The molecule has 11 N–H and O–H groups in total. The van der Waals surface area contributed by atoms with Gasteiger partial charge in [-0.05, 0) is 24.6 Å². The molecule has 260 valence electrons. The van der Waals surface area contributed by atoms with Gasteiger partial charge in [0.1, 0.15) is 65.5 Å². The summed E-state index contributed by atoms with van der Waals surface area (Å²) >= 11 is 0. The molecule has 3 aliphatic heterocycles. The van der Waals surface area contributed by atoms with Crippen molar-refractivity contribution in [3.63, 3.8) is 0 Å². The van der Waals surface area contributed by atoms with E-state index >= 15 is 0 Å². The number of phenols is 3.